The number of hydrogen-bond donors (Lipinski definition) is 0. The highest BCUT2D eigenvalue weighted by molar-refractivity contribution is 6.62. The molecule has 226 valence electrons. The van der Waals surface area contributed by atoms with E-state index in [1.54, 1.807) is 0 Å². The van der Waals surface area contributed by atoms with Crippen molar-refractivity contribution >= 4 is 24.7 Å². The predicted molar refractivity (Wildman–Crippen MR) is 187 cm³/mol. The van der Waals surface area contributed by atoms with E-state index in [0.717, 1.165) is 28.1 Å². The molecule has 0 amide bonds. The van der Waals surface area contributed by atoms with Gasteiger partial charge in [-0.05, 0) is 95.9 Å². The SMILES string of the molecule is CC1(C)c2ccccc2-c2cc3c(cc21)Oc1ccccc1C31c2ccccc2C=Cc2ccc(B3OC(C)(C)C(C)(C)O3)cc21. The molecule has 2 aliphatic carbocycles. The zero-order valence-corrected chi connectivity index (χ0v) is 27.3. The number of rotatable bonds is 1. The van der Waals surface area contributed by atoms with Crippen LogP contribution in [-0.4, -0.2) is 18.3 Å². The highest BCUT2D eigenvalue weighted by Crippen LogP contribution is 2.60. The Morgan fingerprint density at radius 3 is 1.87 bits per heavy atom. The smallest absolute Gasteiger partial charge is 0.457 e. The van der Waals surface area contributed by atoms with Crippen LogP contribution in [0, 0.1) is 0 Å². The second-order valence-electron chi connectivity index (χ2n) is 14.8. The summed E-state index contributed by atoms with van der Waals surface area (Å²) in [5, 5.41) is 0. The monoisotopic (exact) mass is 600 g/mol. The minimum absolute atomic E-state index is 0.140. The fourth-order valence-corrected chi connectivity index (χ4v) is 8.29. The van der Waals surface area contributed by atoms with Gasteiger partial charge in [-0.25, -0.2) is 0 Å². The summed E-state index contributed by atoms with van der Waals surface area (Å²) < 4.78 is 20.1. The summed E-state index contributed by atoms with van der Waals surface area (Å²) in [7, 11) is -0.475. The molecule has 0 bridgehead atoms. The fraction of sp³-hybridized carbons (Fsp3) is 0.238. The third kappa shape index (κ3) is 3.52. The van der Waals surface area contributed by atoms with Crippen LogP contribution in [0.1, 0.15) is 86.1 Å². The van der Waals surface area contributed by atoms with Crippen molar-refractivity contribution in [3.05, 3.63) is 148 Å². The van der Waals surface area contributed by atoms with E-state index in [1.807, 2.05) is 0 Å². The second-order valence-corrected chi connectivity index (χ2v) is 14.8. The van der Waals surface area contributed by atoms with Gasteiger partial charge in [-0.2, -0.15) is 0 Å². The molecule has 0 N–H and O–H groups in total. The third-order valence-corrected chi connectivity index (χ3v) is 11.4. The molecule has 1 atom stereocenters. The summed E-state index contributed by atoms with van der Waals surface area (Å²) in [6.07, 6.45) is 4.53. The van der Waals surface area contributed by atoms with Gasteiger partial charge in [-0.15, -0.1) is 0 Å². The van der Waals surface area contributed by atoms with E-state index in [4.69, 9.17) is 14.0 Å². The first-order valence-corrected chi connectivity index (χ1v) is 16.4. The average Bonchev–Trinajstić information content (AvgIpc) is 3.33. The zero-order chi connectivity index (χ0) is 31.6. The molecule has 0 radical (unpaired) electrons. The largest absolute Gasteiger partial charge is 0.494 e. The molecule has 0 saturated carbocycles. The van der Waals surface area contributed by atoms with E-state index in [1.165, 1.54) is 44.5 Å². The van der Waals surface area contributed by atoms with Crippen LogP contribution in [0.2, 0.25) is 0 Å². The summed E-state index contributed by atoms with van der Waals surface area (Å²) in [5.41, 5.74) is 11.7. The molecule has 2 aliphatic heterocycles. The number of benzene rings is 5. The Hall–Kier alpha value is -4.38. The topological polar surface area (TPSA) is 27.7 Å². The summed E-state index contributed by atoms with van der Waals surface area (Å²) in [6, 6.07) is 37.8. The molecule has 1 unspecified atom stereocenters. The maximum absolute atomic E-state index is 6.91. The fourth-order valence-electron chi connectivity index (χ4n) is 8.29. The predicted octanol–water partition coefficient (Wildman–Crippen LogP) is 9.26. The van der Waals surface area contributed by atoms with Gasteiger partial charge in [0.1, 0.15) is 11.5 Å². The van der Waals surface area contributed by atoms with Crippen LogP contribution in [0.5, 0.6) is 11.5 Å². The molecular formula is C42H37BO3. The normalized spacial score (nSPS) is 21.7. The number of fused-ring (bicyclic) bond motifs is 11. The summed E-state index contributed by atoms with van der Waals surface area (Å²) in [4.78, 5) is 0. The van der Waals surface area contributed by atoms with Crippen molar-refractivity contribution in [3.8, 4) is 22.6 Å². The van der Waals surface area contributed by atoms with Crippen LogP contribution >= 0.6 is 0 Å². The van der Waals surface area contributed by atoms with Gasteiger partial charge < -0.3 is 14.0 Å². The van der Waals surface area contributed by atoms with Crippen LogP contribution in [0.3, 0.4) is 0 Å². The summed E-state index contributed by atoms with van der Waals surface area (Å²) in [6.45, 7) is 13.1. The lowest BCUT2D eigenvalue weighted by Gasteiger charge is -2.43. The molecule has 5 aromatic rings. The highest BCUT2D eigenvalue weighted by atomic mass is 16.7. The van der Waals surface area contributed by atoms with Gasteiger partial charge in [-0.1, -0.05) is 111 Å². The van der Waals surface area contributed by atoms with E-state index >= 15 is 0 Å². The Bertz CT molecular complexity index is 2120. The average molecular weight is 601 g/mol. The lowest BCUT2D eigenvalue weighted by Crippen LogP contribution is -2.41. The van der Waals surface area contributed by atoms with Crippen LogP contribution in [0.15, 0.2) is 103 Å². The maximum atomic E-state index is 6.91. The van der Waals surface area contributed by atoms with Crippen molar-refractivity contribution in [2.45, 2.75) is 63.6 Å². The van der Waals surface area contributed by atoms with Crippen LogP contribution < -0.4 is 10.2 Å². The molecular weight excluding hydrogens is 563 g/mol. The molecule has 0 aromatic heterocycles. The van der Waals surface area contributed by atoms with Crippen LogP contribution in [0.25, 0.3) is 23.3 Å². The molecule has 3 nitrogen and oxygen atoms in total. The number of hydrogen-bond acceptors (Lipinski definition) is 3. The van der Waals surface area contributed by atoms with Gasteiger partial charge in [0.2, 0.25) is 0 Å². The molecule has 1 spiro atoms. The Morgan fingerprint density at radius 1 is 0.478 bits per heavy atom. The van der Waals surface area contributed by atoms with E-state index in [-0.39, 0.29) is 5.41 Å². The Kier molecular flexibility index (Phi) is 5.53. The lowest BCUT2D eigenvalue weighted by molar-refractivity contribution is 0.00578. The number of ether oxygens (including phenoxy) is 1. The lowest BCUT2D eigenvalue weighted by atomic mass is 9.60. The first-order valence-electron chi connectivity index (χ1n) is 16.4. The van der Waals surface area contributed by atoms with Crippen molar-refractivity contribution in [2.75, 3.05) is 0 Å². The Balaban J connectivity index is 1.39. The van der Waals surface area contributed by atoms with Gasteiger partial charge in [0.05, 0.1) is 16.6 Å². The van der Waals surface area contributed by atoms with Crippen molar-refractivity contribution in [1.29, 1.82) is 0 Å². The Morgan fingerprint density at radius 2 is 1.11 bits per heavy atom. The van der Waals surface area contributed by atoms with Gasteiger partial charge in [-0.3, -0.25) is 0 Å². The van der Waals surface area contributed by atoms with E-state index in [2.05, 4.69) is 157 Å². The van der Waals surface area contributed by atoms with Crippen molar-refractivity contribution < 1.29 is 14.0 Å². The zero-order valence-electron chi connectivity index (χ0n) is 27.3. The van der Waals surface area contributed by atoms with Crippen LogP contribution in [0.4, 0.5) is 0 Å². The second kappa shape index (κ2) is 9.12. The molecule has 2 heterocycles. The van der Waals surface area contributed by atoms with Gasteiger partial charge in [0, 0.05) is 16.5 Å². The summed E-state index contributed by atoms with van der Waals surface area (Å²) in [5.74, 6) is 1.79. The third-order valence-electron chi connectivity index (χ3n) is 11.4. The molecule has 46 heavy (non-hydrogen) atoms. The molecule has 1 saturated heterocycles. The van der Waals surface area contributed by atoms with Crippen molar-refractivity contribution in [3.63, 3.8) is 0 Å². The quantitative estimate of drug-likeness (QED) is 0.176. The molecule has 5 aromatic carbocycles. The van der Waals surface area contributed by atoms with Gasteiger partial charge >= 0.3 is 7.12 Å². The number of para-hydroxylation sites is 1. The van der Waals surface area contributed by atoms with E-state index < -0.39 is 23.7 Å². The van der Waals surface area contributed by atoms with Gasteiger partial charge in [0.25, 0.3) is 0 Å². The van der Waals surface area contributed by atoms with E-state index in [0.29, 0.717) is 0 Å². The molecule has 9 rings (SSSR count). The summed E-state index contributed by atoms with van der Waals surface area (Å²) >= 11 is 0. The van der Waals surface area contributed by atoms with Crippen molar-refractivity contribution in [1.82, 2.24) is 0 Å². The minimum atomic E-state index is -0.657. The van der Waals surface area contributed by atoms with E-state index in [9.17, 15) is 0 Å². The molecule has 1 fully saturated rings. The maximum Gasteiger partial charge on any atom is 0.494 e. The molecule has 4 aliphatic rings. The van der Waals surface area contributed by atoms with Gasteiger partial charge in [0.15, 0.2) is 0 Å². The van der Waals surface area contributed by atoms with Crippen molar-refractivity contribution in [2.24, 2.45) is 0 Å². The Labute approximate surface area is 272 Å². The minimum Gasteiger partial charge on any atom is -0.457 e. The standard InChI is InChI=1S/C42H37BO3/c1-39(2)32-16-10-8-14-29(32)30-24-36-38(25-35(30)39)44-37-18-12-11-17-33(37)42(36)31-15-9-7-13-26(31)19-20-27-21-22-28(23-34(27)42)43-45-40(3,4)41(5,6)46-43/h7-25H,1-6H3. The molecule has 4 heteroatoms. The highest BCUT2D eigenvalue weighted by Gasteiger charge is 2.53. The first kappa shape index (κ1) is 27.9. The van der Waals surface area contributed by atoms with Crippen LogP contribution in [-0.2, 0) is 20.1 Å². The first-order chi connectivity index (χ1) is 22.0.